The van der Waals surface area contributed by atoms with Crippen molar-refractivity contribution in [1.82, 2.24) is 0 Å². The average Bonchev–Trinajstić information content (AvgIpc) is 2.26. The molecule has 0 aliphatic heterocycles. The zero-order valence-electron chi connectivity index (χ0n) is 11.2. The smallest absolute Gasteiger partial charge is 0.165 e. The number of nitrogens with two attached hydrogens (primary N) is 1. The monoisotopic (exact) mass is 249 g/mol. The van der Waals surface area contributed by atoms with Crippen LogP contribution in [0, 0.1) is 23.1 Å². The standard InChI is InChI=1S/C15H20FNO/c1-15(2,3)8-4-10-18-14-6-5-12(7-9-17)11-13(14)16/h5-6,11H,7,9-10,17H2,1-3H3. The van der Waals surface area contributed by atoms with Crippen molar-refractivity contribution >= 4 is 0 Å². The normalized spacial score (nSPS) is 10.7. The minimum atomic E-state index is -0.362. The first-order chi connectivity index (χ1) is 8.42. The van der Waals surface area contributed by atoms with Crippen LogP contribution in [0.15, 0.2) is 18.2 Å². The number of hydrogen-bond acceptors (Lipinski definition) is 2. The molecule has 18 heavy (non-hydrogen) atoms. The molecule has 0 aromatic heterocycles. The van der Waals surface area contributed by atoms with Crippen molar-refractivity contribution in [1.29, 1.82) is 0 Å². The van der Waals surface area contributed by atoms with Crippen LogP contribution in [-0.4, -0.2) is 13.2 Å². The molecule has 0 unspecified atom stereocenters. The molecule has 0 aliphatic rings. The van der Waals surface area contributed by atoms with E-state index < -0.39 is 0 Å². The van der Waals surface area contributed by atoms with Crippen LogP contribution in [0.25, 0.3) is 0 Å². The molecule has 2 N–H and O–H groups in total. The summed E-state index contributed by atoms with van der Waals surface area (Å²) in [7, 11) is 0. The topological polar surface area (TPSA) is 35.2 Å². The van der Waals surface area contributed by atoms with E-state index in [1.54, 1.807) is 6.07 Å². The maximum atomic E-state index is 13.6. The van der Waals surface area contributed by atoms with Crippen LogP contribution in [0.2, 0.25) is 0 Å². The molecular formula is C15H20FNO. The highest BCUT2D eigenvalue weighted by molar-refractivity contribution is 5.30. The van der Waals surface area contributed by atoms with Gasteiger partial charge in [0.05, 0.1) is 0 Å². The zero-order valence-corrected chi connectivity index (χ0v) is 11.2. The second-order valence-electron chi connectivity index (χ2n) is 5.14. The first-order valence-electron chi connectivity index (χ1n) is 6.04. The highest BCUT2D eigenvalue weighted by atomic mass is 19.1. The van der Waals surface area contributed by atoms with Crippen LogP contribution in [0.3, 0.4) is 0 Å². The van der Waals surface area contributed by atoms with Gasteiger partial charge in [0, 0.05) is 5.41 Å². The van der Waals surface area contributed by atoms with E-state index in [9.17, 15) is 4.39 Å². The summed E-state index contributed by atoms with van der Waals surface area (Å²) in [5.41, 5.74) is 6.23. The zero-order chi connectivity index (χ0) is 13.6. The van der Waals surface area contributed by atoms with Crippen LogP contribution in [0.5, 0.6) is 5.75 Å². The fraction of sp³-hybridized carbons (Fsp3) is 0.467. The fourth-order valence-electron chi connectivity index (χ4n) is 1.40. The molecule has 98 valence electrons. The van der Waals surface area contributed by atoms with E-state index in [1.807, 2.05) is 26.8 Å². The van der Waals surface area contributed by atoms with Gasteiger partial charge in [-0.3, -0.25) is 0 Å². The van der Waals surface area contributed by atoms with E-state index in [1.165, 1.54) is 6.07 Å². The van der Waals surface area contributed by atoms with Crippen molar-refractivity contribution < 1.29 is 9.13 Å². The quantitative estimate of drug-likeness (QED) is 0.833. The van der Waals surface area contributed by atoms with Gasteiger partial charge in [0.2, 0.25) is 0 Å². The van der Waals surface area contributed by atoms with E-state index >= 15 is 0 Å². The van der Waals surface area contributed by atoms with E-state index in [2.05, 4.69) is 11.8 Å². The van der Waals surface area contributed by atoms with Crippen molar-refractivity contribution in [3.63, 3.8) is 0 Å². The molecule has 3 heteroatoms. The Morgan fingerprint density at radius 3 is 2.61 bits per heavy atom. The summed E-state index contributed by atoms with van der Waals surface area (Å²) in [5.74, 6) is 5.78. The van der Waals surface area contributed by atoms with Gasteiger partial charge >= 0.3 is 0 Å². The molecule has 1 rings (SSSR count). The lowest BCUT2D eigenvalue weighted by Gasteiger charge is -2.08. The van der Waals surface area contributed by atoms with E-state index in [0.717, 1.165) is 5.56 Å². The van der Waals surface area contributed by atoms with Gasteiger partial charge < -0.3 is 10.5 Å². The molecule has 0 radical (unpaired) electrons. The summed E-state index contributed by atoms with van der Waals surface area (Å²) in [6, 6.07) is 4.90. The highest BCUT2D eigenvalue weighted by Crippen LogP contribution is 2.18. The minimum absolute atomic E-state index is 0.0626. The van der Waals surface area contributed by atoms with Crippen LogP contribution >= 0.6 is 0 Å². The summed E-state index contributed by atoms with van der Waals surface area (Å²) in [6.07, 6.45) is 0.668. The van der Waals surface area contributed by atoms with E-state index in [-0.39, 0.29) is 23.6 Å². The molecule has 1 aromatic carbocycles. The van der Waals surface area contributed by atoms with Crippen LogP contribution in [0.4, 0.5) is 4.39 Å². The molecule has 0 saturated heterocycles. The summed E-state index contributed by atoms with van der Waals surface area (Å²) < 4.78 is 18.9. The number of halogens is 1. The first-order valence-corrected chi connectivity index (χ1v) is 6.04. The van der Waals surface area contributed by atoms with Crippen molar-refractivity contribution in [2.24, 2.45) is 11.1 Å². The number of rotatable bonds is 4. The predicted molar refractivity (Wildman–Crippen MR) is 71.9 cm³/mol. The Kier molecular flexibility index (Phi) is 5.18. The molecule has 0 heterocycles. The van der Waals surface area contributed by atoms with Gasteiger partial charge in [-0.15, -0.1) is 0 Å². The Morgan fingerprint density at radius 1 is 1.33 bits per heavy atom. The highest BCUT2D eigenvalue weighted by Gasteiger charge is 2.05. The van der Waals surface area contributed by atoms with Crippen molar-refractivity contribution in [3.8, 4) is 17.6 Å². The Morgan fingerprint density at radius 2 is 2.06 bits per heavy atom. The number of hydrogen-bond donors (Lipinski definition) is 1. The molecule has 0 spiro atoms. The summed E-state index contributed by atoms with van der Waals surface area (Å²) >= 11 is 0. The van der Waals surface area contributed by atoms with Gasteiger partial charge in [-0.2, -0.15) is 0 Å². The van der Waals surface area contributed by atoms with Crippen LogP contribution in [0.1, 0.15) is 26.3 Å². The number of ether oxygens (including phenoxy) is 1. The van der Waals surface area contributed by atoms with Gasteiger partial charge in [0.15, 0.2) is 11.6 Å². The van der Waals surface area contributed by atoms with Crippen LogP contribution < -0.4 is 10.5 Å². The maximum absolute atomic E-state index is 13.6. The van der Waals surface area contributed by atoms with Gasteiger partial charge in [0.25, 0.3) is 0 Å². The third-order valence-corrected chi connectivity index (χ3v) is 2.19. The van der Waals surface area contributed by atoms with E-state index in [4.69, 9.17) is 10.5 Å². The van der Waals surface area contributed by atoms with Crippen molar-refractivity contribution in [3.05, 3.63) is 29.6 Å². The Labute approximate surface area is 108 Å². The average molecular weight is 249 g/mol. The Hall–Kier alpha value is -1.53. The van der Waals surface area contributed by atoms with Crippen molar-refractivity contribution in [2.45, 2.75) is 27.2 Å². The molecule has 0 amide bonds. The second-order valence-corrected chi connectivity index (χ2v) is 5.14. The Bertz CT molecular complexity index is 452. The largest absolute Gasteiger partial charge is 0.478 e. The predicted octanol–water partition coefficient (Wildman–Crippen LogP) is 2.76. The second kappa shape index (κ2) is 6.42. The maximum Gasteiger partial charge on any atom is 0.165 e. The molecule has 0 bridgehead atoms. The summed E-state index contributed by atoms with van der Waals surface area (Å²) in [4.78, 5) is 0. The number of benzene rings is 1. The molecule has 0 saturated carbocycles. The Balaban J connectivity index is 2.60. The van der Waals surface area contributed by atoms with E-state index in [0.29, 0.717) is 13.0 Å². The fourth-order valence-corrected chi connectivity index (χ4v) is 1.40. The SMILES string of the molecule is CC(C)(C)C#CCOc1ccc(CCN)cc1F. The molecule has 0 aliphatic carbocycles. The van der Waals surface area contributed by atoms with Gasteiger partial charge in [-0.05, 0) is 51.4 Å². The minimum Gasteiger partial charge on any atom is -0.478 e. The van der Waals surface area contributed by atoms with Gasteiger partial charge in [0.1, 0.15) is 6.61 Å². The molecule has 0 atom stereocenters. The lowest BCUT2D eigenvalue weighted by Crippen LogP contribution is -2.04. The third-order valence-electron chi connectivity index (χ3n) is 2.19. The summed E-state index contributed by atoms with van der Waals surface area (Å²) in [5, 5.41) is 0. The third kappa shape index (κ3) is 5.20. The summed E-state index contributed by atoms with van der Waals surface area (Å²) in [6.45, 7) is 6.76. The molecule has 1 aromatic rings. The van der Waals surface area contributed by atoms with Gasteiger partial charge in [-0.1, -0.05) is 17.9 Å². The lowest BCUT2D eigenvalue weighted by atomic mass is 9.98. The molecule has 2 nitrogen and oxygen atoms in total. The molecule has 0 fully saturated rings. The lowest BCUT2D eigenvalue weighted by molar-refractivity contribution is 0.347. The molecular weight excluding hydrogens is 229 g/mol. The van der Waals surface area contributed by atoms with Gasteiger partial charge in [-0.25, -0.2) is 4.39 Å². The van der Waals surface area contributed by atoms with Crippen molar-refractivity contribution in [2.75, 3.05) is 13.2 Å². The first kappa shape index (κ1) is 14.5. The van der Waals surface area contributed by atoms with Crippen LogP contribution in [-0.2, 0) is 6.42 Å².